The van der Waals surface area contributed by atoms with Crippen LogP contribution in [0.15, 0.2) is 36.4 Å². The van der Waals surface area contributed by atoms with Gasteiger partial charge in [0.25, 0.3) is 0 Å². The molecule has 0 spiro atoms. The van der Waals surface area contributed by atoms with Crippen molar-refractivity contribution in [3.8, 4) is 0 Å². The Labute approximate surface area is 125 Å². The predicted octanol–water partition coefficient (Wildman–Crippen LogP) is 3.58. The largest absolute Gasteiger partial charge is 0.366 e. The summed E-state index contributed by atoms with van der Waals surface area (Å²) in [6.45, 7) is 7.22. The van der Waals surface area contributed by atoms with Crippen LogP contribution in [0.5, 0.6) is 0 Å². The predicted molar refractivity (Wildman–Crippen MR) is 84.7 cm³/mol. The van der Waals surface area contributed by atoms with Crippen LogP contribution in [0.2, 0.25) is 0 Å². The maximum atomic E-state index is 14.1. The third-order valence-electron chi connectivity index (χ3n) is 3.51. The van der Waals surface area contributed by atoms with Crippen LogP contribution >= 0.6 is 0 Å². The summed E-state index contributed by atoms with van der Waals surface area (Å²) >= 11 is 0. The van der Waals surface area contributed by atoms with Gasteiger partial charge < -0.3 is 10.6 Å². The Morgan fingerprint density at radius 3 is 2.57 bits per heavy atom. The van der Waals surface area contributed by atoms with Crippen LogP contribution in [0, 0.1) is 12.7 Å². The summed E-state index contributed by atoms with van der Waals surface area (Å²) in [5, 5.41) is 0. The summed E-state index contributed by atoms with van der Waals surface area (Å²) in [5.74, 6) is -0.252. The van der Waals surface area contributed by atoms with Gasteiger partial charge in [-0.2, -0.15) is 0 Å². The molecule has 0 aliphatic heterocycles. The lowest BCUT2D eigenvalue weighted by molar-refractivity contribution is 0.591. The van der Waals surface area contributed by atoms with Gasteiger partial charge in [-0.1, -0.05) is 12.1 Å². The van der Waals surface area contributed by atoms with Crippen molar-refractivity contribution in [2.75, 3.05) is 11.4 Å². The zero-order valence-corrected chi connectivity index (χ0v) is 12.8. The first-order valence-corrected chi connectivity index (χ1v) is 7.24. The quantitative estimate of drug-likeness (QED) is 0.914. The van der Waals surface area contributed by atoms with E-state index in [1.54, 1.807) is 13.0 Å². The molecule has 0 fully saturated rings. The number of anilines is 1. The van der Waals surface area contributed by atoms with Crippen LogP contribution in [-0.4, -0.2) is 11.5 Å². The molecule has 0 unspecified atom stereocenters. The van der Waals surface area contributed by atoms with E-state index in [9.17, 15) is 4.39 Å². The third kappa shape index (κ3) is 3.58. The molecule has 2 aromatic rings. The molecule has 2 rings (SSSR count). The van der Waals surface area contributed by atoms with Crippen LogP contribution in [0.3, 0.4) is 0 Å². The molecule has 0 amide bonds. The number of hydrogen-bond acceptors (Lipinski definition) is 3. The van der Waals surface area contributed by atoms with E-state index < -0.39 is 0 Å². The number of nitrogens with zero attached hydrogens (tertiary/aromatic N) is 2. The lowest BCUT2D eigenvalue weighted by Crippen LogP contribution is -2.25. The number of nitrogens with two attached hydrogens (primary N) is 1. The minimum Gasteiger partial charge on any atom is -0.366 e. The van der Waals surface area contributed by atoms with Crippen LogP contribution < -0.4 is 10.6 Å². The molecule has 0 aliphatic rings. The molecule has 0 saturated carbocycles. The Kier molecular flexibility index (Phi) is 4.91. The highest BCUT2D eigenvalue weighted by Gasteiger charge is 2.17. The average molecular weight is 287 g/mol. The normalized spacial score (nSPS) is 12.2. The van der Waals surface area contributed by atoms with E-state index in [0.29, 0.717) is 12.1 Å². The fourth-order valence-corrected chi connectivity index (χ4v) is 2.50. The second kappa shape index (κ2) is 6.68. The summed E-state index contributed by atoms with van der Waals surface area (Å²) in [6.07, 6.45) is 0. The maximum absolute atomic E-state index is 14.1. The van der Waals surface area contributed by atoms with Crippen molar-refractivity contribution in [2.45, 2.75) is 33.4 Å². The highest BCUT2D eigenvalue weighted by Crippen LogP contribution is 2.28. The van der Waals surface area contributed by atoms with E-state index in [4.69, 9.17) is 5.73 Å². The van der Waals surface area contributed by atoms with E-state index in [-0.39, 0.29) is 11.9 Å². The zero-order valence-electron chi connectivity index (χ0n) is 12.8. The second-order valence-corrected chi connectivity index (χ2v) is 5.25. The molecule has 1 heterocycles. The van der Waals surface area contributed by atoms with E-state index >= 15 is 0 Å². The second-order valence-electron chi connectivity index (χ2n) is 5.25. The van der Waals surface area contributed by atoms with E-state index in [2.05, 4.69) is 9.88 Å². The van der Waals surface area contributed by atoms with E-state index in [0.717, 1.165) is 23.6 Å². The molecule has 0 bridgehead atoms. The van der Waals surface area contributed by atoms with Gasteiger partial charge in [-0.15, -0.1) is 0 Å². The fourth-order valence-electron chi connectivity index (χ4n) is 2.50. The Morgan fingerprint density at radius 1 is 1.24 bits per heavy atom. The molecule has 112 valence electrons. The van der Waals surface area contributed by atoms with Gasteiger partial charge in [0, 0.05) is 29.5 Å². The summed E-state index contributed by atoms with van der Waals surface area (Å²) in [7, 11) is 0. The van der Waals surface area contributed by atoms with Gasteiger partial charge in [0.05, 0.1) is 12.2 Å². The summed E-state index contributed by atoms with van der Waals surface area (Å²) in [5.41, 5.74) is 9.30. The molecule has 21 heavy (non-hydrogen) atoms. The average Bonchev–Trinajstić information content (AvgIpc) is 2.44. The van der Waals surface area contributed by atoms with Crippen molar-refractivity contribution in [3.05, 3.63) is 59.2 Å². The maximum Gasteiger partial charge on any atom is 0.130 e. The first kappa shape index (κ1) is 15.4. The number of halogens is 1. The minimum absolute atomic E-state index is 0.252. The van der Waals surface area contributed by atoms with E-state index in [1.165, 1.54) is 6.07 Å². The molecule has 0 radical (unpaired) electrons. The lowest BCUT2D eigenvalue weighted by atomic mass is 10.0. The molecule has 1 aromatic carbocycles. The van der Waals surface area contributed by atoms with Crippen LogP contribution in [-0.2, 0) is 6.54 Å². The van der Waals surface area contributed by atoms with Crippen molar-refractivity contribution >= 4 is 5.69 Å². The van der Waals surface area contributed by atoms with Gasteiger partial charge in [-0.25, -0.2) is 4.39 Å². The zero-order chi connectivity index (χ0) is 15.4. The first-order valence-electron chi connectivity index (χ1n) is 7.24. The van der Waals surface area contributed by atoms with Gasteiger partial charge >= 0.3 is 0 Å². The molecule has 2 N–H and O–H groups in total. The van der Waals surface area contributed by atoms with Crippen molar-refractivity contribution in [2.24, 2.45) is 5.73 Å². The molecule has 3 nitrogen and oxygen atoms in total. The number of hydrogen-bond donors (Lipinski definition) is 1. The molecule has 0 saturated heterocycles. The molecular weight excluding hydrogens is 265 g/mol. The lowest BCUT2D eigenvalue weighted by Gasteiger charge is -2.27. The summed E-state index contributed by atoms with van der Waals surface area (Å²) in [4.78, 5) is 6.62. The van der Waals surface area contributed by atoms with Crippen LogP contribution in [0.1, 0.15) is 36.8 Å². The topological polar surface area (TPSA) is 42.2 Å². The third-order valence-corrected chi connectivity index (χ3v) is 3.51. The van der Waals surface area contributed by atoms with Gasteiger partial charge in [0.1, 0.15) is 5.82 Å². The van der Waals surface area contributed by atoms with Crippen LogP contribution in [0.25, 0.3) is 0 Å². The fraction of sp³-hybridized carbons (Fsp3) is 0.353. The smallest absolute Gasteiger partial charge is 0.130 e. The Bertz CT molecular complexity index is 611. The van der Waals surface area contributed by atoms with Crippen molar-refractivity contribution in [3.63, 3.8) is 0 Å². The van der Waals surface area contributed by atoms with Gasteiger partial charge in [-0.3, -0.25) is 4.98 Å². The standard InChI is InChI=1S/C17H22FN3/c1-4-21(11-14-8-5-7-12(2)20-14)16-10-6-9-15(18)17(16)13(3)19/h5-10,13H,4,11,19H2,1-3H3/t13-/m0/s1. The summed E-state index contributed by atoms with van der Waals surface area (Å²) in [6, 6.07) is 10.7. The highest BCUT2D eigenvalue weighted by molar-refractivity contribution is 5.55. The van der Waals surface area contributed by atoms with Gasteiger partial charge in [-0.05, 0) is 45.0 Å². The Morgan fingerprint density at radius 2 is 1.95 bits per heavy atom. The minimum atomic E-state index is -0.347. The molecule has 4 heteroatoms. The molecule has 1 atom stereocenters. The highest BCUT2D eigenvalue weighted by atomic mass is 19.1. The Balaban J connectivity index is 2.36. The number of benzene rings is 1. The number of aryl methyl sites for hydroxylation is 1. The van der Waals surface area contributed by atoms with Gasteiger partial charge in [0.15, 0.2) is 0 Å². The summed E-state index contributed by atoms with van der Waals surface area (Å²) < 4.78 is 14.1. The Hall–Kier alpha value is -1.94. The molecule has 1 aromatic heterocycles. The SMILES string of the molecule is CCN(Cc1cccc(C)n1)c1cccc(F)c1[C@H](C)N. The van der Waals surface area contributed by atoms with Gasteiger partial charge in [0.2, 0.25) is 0 Å². The first-order chi connectivity index (χ1) is 10.0. The molecule has 0 aliphatic carbocycles. The van der Waals surface area contributed by atoms with Crippen LogP contribution in [0.4, 0.5) is 10.1 Å². The monoisotopic (exact) mass is 287 g/mol. The number of aromatic nitrogens is 1. The molecular formula is C17H22FN3. The van der Waals surface area contributed by atoms with Crippen molar-refractivity contribution in [1.82, 2.24) is 4.98 Å². The van der Waals surface area contributed by atoms with Crippen molar-refractivity contribution in [1.29, 1.82) is 0 Å². The number of pyridine rings is 1. The van der Waals surface area contributed by atoms with Crippen molar-refractivity contribution < 1.29 is 4.39 Å². The number of rotatable bonds is 5. The van der Waals surface area contributed by atoms with E-state index in [1.807, 2.05) is 38.1 Å².